The molecule has 0 bridgehead atoms. The molecular formula is C17H19NO2S. The first-order valence-electron chi connectivity index (χ1n) is 7.36. The third-order valence-corrected chi connectivity index (χ3v) is 4.90. The maximum absolute atomic E-state index is 12.5. The molecular weight excluding hydrogens is 282 g/mol. The topological polar surface area (TPSA) is 49.3 Å². The van der Waals surface area contributed by atoms with Crippen molar-refractivity contribution in [3.63, 3.8) is 0 Å². The average Bonchev–Trinajstić information content (AvgIpc) is 3.00. The fraction of sp³-hybridized carbons (Fsp3) is 0.353. The summed E-state index contributed by atoms with van der Waals surface area (Å²) in [7, 11) is 0. The molecule has 2 N–H and O–H groups in total. The van der Waals surface area contributed by atoms with Gasteiger partial charge in [0, 0.05) is 11.6 Å². The van der Waals surface area contributed by atoms with Crippen LogP contribution in [-0.4, -0.2) is 23.2 Å². The molecule has 1 aliphatic rings. The van der Waals surface area contributed by atoms with Crippen molar-refractivity contribution in [2.24, 2.45) is 0 Å². The number of hydrogen-bond donors (Lipinski definition) is 2. The van der Waals surface area contributed by atoms with Crippen LogP contribution in [0.15, 0.2) is 41.8 Å². The Labute approximate surface area is 128 Å². The van der Waals surface area contributed by atoms with Crippen LogP contribution < -0.4 is 5.32 Å². The molecule has 21 heavy (non-hydrogen) atoms. The SMILES string of the molecule is O=C(NC1CCC(O)CC1)c1sccc1-c1ccccc1. The van der Waals surface area contributed by atoms with E-state index < -0.39 is 0 Å². The highest BCUT2D eigenvalue weighted by Gasteiger charge is 2.23. The Morgan fingerprint density at radius 1 is 1.10 bits per heavy atom. The van der Waals surface area contributed by atoms with Crippen molar-refractivity contribution < 1.29 is 9.90 Å². The van der Waals surface area contributed by atoms with E-state index in [0.29, 0.717) is 0 Å². The molecule has 1 aromatic heterocycles. The van der Waals surface area contributed by atoms with Crippen LogP contribution in [0.4, 0.5) is 0 Å². The molecule has 0 atom stereocenters. The fourth-order valence-corrected chi connectivity index (χ4v) is 3.62. The summed E-state index contributed by atoms with van der Waals surface area (Å²) in [4.78, 5) is 13.3. The van der Waals surface area contributed by atoms with Crippen LogP contribution in [-0.2, 0) is 0 Å². The van der Waals surface area contributed by atoms with Gasteiger partial charge in [-0.25, -0.2) is 0 Å². The Balaban J connectivity index is 1.73. The van der Waals surface area contributed by atoms with Gasteiger partial charge in [0.2, 0.25) is 0 Å². The Kier molecular flexibility index (Phi) is 4.36. The second-order valence-corrected chi connectivity index (χ2v) is 6.42. The predicted octanol–water partition coefficient (Wildman–Crippen LogP) is 3.45. The average molecular weight is 301 g/mol. The zero-order chi connectivity index (χ0) is 14.7. The highest BCUT2D eigenvalue weighted by atomic mass is 32.1. The molecule has 1 aromatic carbocycles. The predicted molar refractivity (Wildman–Crippen MR) is 85.5 cm³/mol. The highest BCUT2D eigenvalue weighted by Crippen LogP contribution is 2.28. The van der Waals surface area contributed by atoms with Crippen LogP contribution in [0, 0.1) is 0 Å². The molecule has 1 saturated carbocycles. The second kappa shape index (κ2) is 6.41. The van der Waals surface area contributed by atoms with Crippen molar-refractivity contribution in [1.29, 1.82) is 0 Å². The van der Waals surface area contributed by atoms with Crippen molar-refractivity contribution in [2.45, 2.75) is 37.8 Å². The van der Waals surface area contributed by atoms with Gasteiger partial charge >= 0.3 is 0 Å². The lowest BCUT2D eigenvalue weighted by atomic mass is 9.93. The van der Waals surface area contributed by atoms with Crippen molar-refractivity contribution in [2.75, 3.05) is 0 Å². The number of aliphatic hydroxyl groups excluding tert-OH is 1. The number of rotatable bonds is 3. The highest BCUT2D eigenvalue weighted by molar-refractivity contribution is 7.12. The Bertz CT molecular complexity index is 600. The van der Waals surface area contributed by atoms with Crippen LogP contribution in [0.25, 0.3) is 11.1 Å². The first-order chi connectivity index (χ1) is 10.2. The Morgan fingerprint density at radius 2 is 1.81 bits per heavy atom. The molecule has 0 unspecified atom stereocenters. The van der Waals surface area contributed by atoms with E-state index in [2.05, 4.69) is 5.32 Å². The number of carbonyl (C=O) groups excluding carboxylic acids is 1. The van der Waals surface area contributed by atoms with Crippen LogP contribution in [0.2, 0.25) is 0 Å². The van der Waals surface area contributed by atoms with E-state index in [1.165, 1.54) is 11.3 Å². The van der Waals surface area contributed by atoms with Gasteiger partial charge in [0.25, 0.3) is 5.91 Å². The summed E-state index contributed by atoms with van der Waals surface area (Å²) in [6.45, 7) is 0. The van der Waals surface area contributed by atoms with Gasteiger partial charge in [-0.05, 0) is 42.7 Å². The lowest BCUT2D eigenvalue weighted by Gasteiger charge is -2.26. The molecule has 1 amide bonds. The van der Waals surface area contributed by atoms with E-state index in [1.807, 2.05) is 41.8 Å². The van der Waals surface area contributed by atoms with E-state index in [0.717, 1.165) is 41.7 Å². The number of hydrogen-bond acceptors (Lipinski definition) is 3. The quantitative estimate of drug-likeness (QED) is 0.912. The van der Waals surface area contributed by atoms with Gasteiger partial charge < -0.3 is 10.4 Å². The van der Waals surface area contributed by atoms with Gasteiger partial charge in [0.15, 0.2) is 0 Å². The first-order valence-corrected chi connectivity index (χ1v) is 8.24. The van der Waals surface area contributed by atoms with Crippen molar-refractivity contribution in [3.8, 4) is 11.1 Å². The van der Waals surface area contributed by atoms with E-state index in [1.54, 1.807) is 0 Å². The largest absolute Gasteiger partial charge is 0.393 e. The molecule has 1 aliphatic carbocycles. The summed E-state index contributed by atoms with van der Waals surface area (Å²) in [6.07, 6.45) is 3.08. The minimum atomic E-state index is -0.195. The monoisotopic (exact) mass is 301 g/mol. The molecule has 1 heterocycles. The molecule has 0 spiro atoms. The number of nitrogens with one attached hydrogen (secondary N) is 1. The molecule has 1 fully saturated rings. The lowest BCUT2D eigenvalue weighted by Crippen LogP contribution is -2.38. The van der Waals surface area contributed by atoms with E-state index in [4.69, 9.17) is 0 Å². The smallest absolute Gasteiger partial charge is 0.262 e. The van der Waals surface area contributed by atoms with E-state index in [-0.39, 0.29) is 18.1 Å². The normalized spacial score (nSPS) is 22.0. The number of benzene rings is 1. The number of thiophene rings is 1. The van der Waals surface area contributed by atoms with Crippen molar-refractivity contribution in [3.05, 3.63) is 46.7 Å². The van der Waals surface area contributed by atoms with Gasteiger partial charge in [-0.2, -0.15) is 0 Å². The van der Waals surface area contributed by atoms with Gasteiger partial charge in [-0.1, -0.05) is 30.3 Å². The minimum Gasteiger partial charge on any atom is -0.393 e. The lowest BCUT2D eigenvalue weighted by molar-refractivity contribution is 0.0872. The third kappa shape index (κ3) is 3.34. The van der Waals surface area contributed by atoms with Gasteiger partial charge in [-0.15, -0.1) is 11.3 Å². The van der Waals surface area contributed by atoms with Crippen LogP contribution >= 0.6 is 11.3 Å². The van der Waals surface area contributed by atoms with Crippen LogP contribution in [0.3, 0.4) is 0 Å². The fourth-order valence-electron chi connectivity index (χ4n) is 2.80. The summed E-state index contributed by atoms with van der Waals surface area (Å²) in [6, 6.07) is 12.2. The summed E-state index contributed by atoms with van der Waals surface area (Å²) in [5.41, 5.74) is 2.07. The standard InChI is InChI=1S/C17H19NO2S/c19-14-8-6-13(7-9-14)18-17(20)16-15(10-11-21-16)12-4-2-1-3-5-12/h1-5,10-11,13-14,19H,6-9H2,(H,18,20). The molecule has 3 nitrogen and oxygen atoms in total. The van der Waals surface area contributed by atoms with Crippen molar-refractivity contribution in [1.82, 2.24) is 5.32 Å². The van der Waals surface area contributed by atoms with Gasteiger partial charge in [-0.3, -0.25) is 4.79 Å². The summed E-state index contributed by atoms with van der Waals surface area (Å²) >= 11 is 1.48. The molecule has 0 aliphatic heterocycles. The Hall–Kier alpha value is -1.65. The molecule has 3 rings (SSSR count). The summed E-state index contributed by atoms with van der Waals surface area (Å²) in [5.74, 6) is 0.00485. The molecule has 110 valence electrons. The number of carbonyl (C=O) groups is 1. The number of aliphatic hydroxyl groups is 1. The molecule has 4 heteroatoms. The van der Waals surface area contributed by atoms with Crippen LogP contribution in [0.5, 0.6) is 0 Å². The first kappa shape index (κ1) is 14.3. The van der Waals surface area contributed by atoms with E-state index >= 15 is 0 Å². The molecule has 0 radical (unpaired) electrons. The maximum Gasteiger partial charge on any atom is 0.262 e. The number of amides is 1. The van der Waals surface area contributed by atoms with Gasteiger partial charge in [0.05, 0.1) is 11.0 Å². The third-order valence-electron chi connectivity index (χ3n) is 3.99. The summed E-state index contributed by atoms with van der Waals surface area (Å²) in [5, 5.41) is 14.6. The molecule has 2 aromatic rings. The van der Waals surface area contributed by atoms with Crippen LogP contribution in [0.1, 0.15) is 35.4 Å². The zero-order valence-electron chi connectivity index (χ0n) is 11.8. The summed E-state index contributed by atoms with van der Waals surface area (Å²) < 4.78 is 0. The Morgan fingerprint density at radius 3 is 2.52 bits per heavy atom. The minimum absolute atomic E-state index is 0.00485. The molecule has 0 saturated heterocycles. The maximum atomic E-state index is 12.5. The second-order valence-electron chi connectivity index (χ2n) is 5.51. The van der Waals surface area contributed by atoms with E-state index in [9.17, 15) is 9.90 Å². The zero-order valence-corrected chi connectivity index (χ0v) is 12.6. The van der Waals surface area contributed by atoms with Crippen molar-refractivity contribution >= 4 is 17.2 Å². The van der Waals surface area contributed by atoms with Gasteiger partial charge in [0.1, 0.15) is 0 Å².